The first-order valence-corrected chi connectivity index (χ1v) is 24.9. The van der Waals surface area contributed by atoms with Crippen LogP contribution in [0.5, 0.6) is 0 Å². The SMILES string of the molecule is COC(=O)N[C@@H](C(=O)N1[C@H](c2ncc(-c3ccc([C@H]4CC[C@H](c5cnc([C@@H]6C[C@@H]7CCCC[C@@H]7N6C(=O)[C@H](NC(=O)OC)c6ccccc6)[nH]5)CC4)cc3)[nH]2)C[C@@H]2CCCC[C@@H]21)c1ccccc1. The van der Waals surface area contributed by atoms with Crippen LogP contribution in [0, 0.1) is 11.8 Å². The van der Waals surface area contributed by atoms with Crippen molar-refractivity contribution in [1.29, 1.82) is 0 Å². The van der Waals surface area contributed by atoms with E-state index in [2.05, 4.69) is 44.9 Å². The maximum atomic E-state index is 14.6. The van der Waals surface area contributed by atoms with Crippen molar-refractivity contribution in [2.24, 2.45) is 11.8 Å². The summed E-state index contributed by atoms with van der Waals surface area (Å²) in [6.45, 7) is 0. The lowest BCUT2D eigenvalue weighted by Crippen LogP contribution is -2.47. The minimum Gasteiger partial charge on any atom is -0.453 e. The Morgan fingerprint density at radius 1 is 0.574 bits per heavy atom. The lowest BCUT2D eigenvalue weighted by Gasteiger charge is -2.36. The number of rotatable bonds is 11. The number of methoxy groups -OCH3 is 2. The van der Waals surface area contributed by atoms with Crippen molar-refractivity contribution in [2.45, 2.75) is 138 Å². The minimum atomic E-state index is -0.872. The first-order chi connectivity index (χ1) is 33.3. The Labute approximate surface area is 398 Å². The first kappa shape index (κ1) is 45.3. The van der Waals surface area contributed by atoms with Gasteiger partial charge in [-0.05, 0) is 104 Å². The average Bonchev–Trinajstić information content (AvgIpc) is 4.23. The summed E-state index contributed by atoms with van der Waals surface area (Å²) in [5.41, 5.74) is 5.87. The van der Waals surface area contributed by atoms with Crippen LogP contribution < -0.4 is 10.6 Å². The molecule has 2 aromatic heterocycles. The second kappa shape index (κ2) is 20.0. The molecule has 0 radical (unpaired) electrons. The van der Waals surface area contributed by atoms with Crippen LogP contribution >= 0.6 is 0 Å². The summed E-state index contributed by atoms with van der Waals surface area (Å²) in [5, 5.41) is 5.66. The van der Waals surface area contributed by atoms with Gasteiger partial charge in [0.15, 0.2) is 0 Å². The predicted molar refractivity (Wildman–Crippen MR) is 256 cm³/mol. The molecule has 0 unspecified atom stereocenters. The lowest BCUT2D eigenvalue weighted by atomic mass is 9.77. The molecule has 4 N–H and O–H groups in total. The number of fused-ring (bicyclic) bond motifs is 2. The van der Waals surface area contributed by atoms with Crippen LogP contribution in [0.25, 0.3) is 11.3 Å². The second-order valence-electron chi connectivity index (χ2n) is 19.8. The van der Waals surface area contributed by atoms with Gasteiger partial charge in [-0.2, -0.15) is 0 Å². The number of aromatic amines is 2. The first-order valence-electron chi connectivity index (χ1n) is 24.9. The van der Waals surface area contributed by atoms with Crippen LogP contribution in [0.3, 0.4) is 0 Å². The quantitative estimate of drug-likeness (QED) is 0.101. The second-order valence-corrected chi connectivity index (χ2v) is 19.8. The van der Waals surface area contributed by atoms with Crippen LogP contribution in [-0.4, -0.2) is 80.0 Å². The van der Waals surface area contributed by atoms with Crippen molar-refractivity contribution in [2.75, 3.05) is 14.2 Å². The summed E-state index contributed by atoms with van der Waals surface area (Å²) in [6.07, 6.45) is 17.0. The monoisotopic (exact) mass is 920 g/mol. The number of imidazole rings is 2. The van der Waals surface area contributed by atoms with Crippen LogP contribution in [0.15, 0.2) is 97.3 Å². The van der Waals surface area contributed by atoms with Crippen LogP contribution in [0.1, 0.15) is 160 Å². The Bertz CT molecular complexity index is 2540. The molecule has 5 aromatic rings. The molecule has 10 rings (SSSR count). The highest BCUT2D eigenvalue weighted by Gasteiger charge is 2.50. The number of hydrogen-bond acceptors (Lipinski definition) is 8. The normalized spacial score (nSPS) is 26.5. The number of aromatic nitrogens is 4. The molecular formula is C54H64N8O6. The van der Waals surface area contributed by atoms with Gasteiger partial charge in [0.2, 0.25) is 0 Å². The molecule has 5 fully saturated rings. The summed E-state index contributed by atoms with van der Waals surface area (Å²) >= 11 is 0. The molecule has 3 saturated carbocycles. The number of carbonyl (C=O) groups is 4. The van der Waals surface area contributed by atoms with Crippen molar-refractivity contribution < 1.29 is 28.7 Å². The molecular weight excluding hydrogens is 857 g/mol. The Hall–Kier alpha value is -6.44. The molecule has 0 bridgehead atoms. The predicted octanol–water partition coefficient (Wildman–Crippen LogP) is 10.1. The number of carbonyl (C=O) groups excluding carboxylic acids is 4. The lowest BCUT2D eigenvalue weighted by molar-refractivity contribution is -0.138. The number of amides is 4. The fourth-order valence-corrected chi connectivity index (χ4v) is 12.6. The molecule has 3 aliphatic carbocycles. The van der Waals surface area contributed by atoms with Gasteiger partial charge >= 0.3 is 12.2 Å². The molecule has 2 saturated heterocycles. The van der Waals surface area contributed by atoms with Crippen molar-refractivity contribution in [3.05, 3.63) is 131 Å². The van der Waals surface area contributed by atoms with E-state index in [9.17, 15) is 19.2 Å². The van der Waals surface area contributed by atoms with Gasteiger partial charge in [0.25, 0.3) is 11.8 Å². The van der Waals surface area contributed by atoms with Gasteiger partial charge in [-0.1, -0.05) is 111 Å². The zero-order valence-electron chi connectivity index (χ0n) is 39.1. The van der Waals surface area contributed by atoms with E-state index in [1.165, 1.54) is 19.8 Å². The summed E-state index contributed by atoms with van der Waals surface area (Å²) in [5.74, 6) is 2.92. The maximum Gasteiger partial charge on any atom is 0.407 e. The number of nitrogens with one attached hydrogen (secondary N) is 4. The highest BCUT2D eigenvalue weighted by molar-refractivity contribution is 5.88. The third kappa shape index (κ3) is 9.13. The van der Waals surface area contributed by atoms with Crippen LogP contribution in [0.4, 0.5) is 9.59 Å². The number of alkyl carbamates (subject to hydrolysis) is 2. The van der Waals surface area contributed by atoms with Gasteiger partial charge in [0.1, 0.15) is 23.7 Å². The Morgan fingerprint density at radius 2 is 1.04 bits per heavy atom. The Morgan fingerprint density at radius 3 is 1.56 bits per heavy atom. The van der Waals surface area contributed by atoms with Crippen molar-refractivity contribution in [1.82, 2.24) is 40.4 Å². The van der Waals surface area contributed by atoms with Crippen LogP contribution in [0.2, 0.25) is 0 Å². The number of ether oxygens (including phenoxy) is 2. The zero-order valence-corrected chi connectivity index (χ0v) is 39.1. The average molecular weight is 921 g/mol. The molecule has 3 aromatic carbocycles. The van der Waals surface area contributed by atoms with E-state index < -0.39 is 24.3 Å². The molecule has 0 spiro atoms. The third-order valence-corrected chi connectivity index (χ3v) is 16.0. The van der Waals surface area contributed by atoms with Gasteiger partial charge in [-0.25, -0.2) is 19.6 Å². The molecule has 2 aliphatic heterocycles. The van der Waals surface area contributed by atoms with Crippen molar-refractivity contribution in [3.8, 4) is 11.3 Å². The van der Waals surface area contributed by atoms with E-state index in [0.29, 0.717) is 29.2 Å². The van der Waals surface area contributed by atoms with E-state index in [4.69, 9.17) is 19.4 Å². The number of likely N-dealkylation sites (tertiary alicyclic amines) is 2. The Balaban J connectivity index is 0.804. The highest BCUT2D eigenvalue weighted by atomic mass is 16.5. The summed E-state index contributed by atoms with van der Waals surface area (Å²) < 4.78 is 9.92. The largest absolute Gasteiger partial charge is 0.453 e. The van der Waals surface area contributed by atoms with Crippen molar-refractivity contribution in [3.63, 3.8) is 0 Å². The number of H-pyrrole nitrogens is 2. The van der Waals surface area contributed by atoms with Gasteiger partial charge in [-0.15, -0.1) is 0 Å². The summed E-state index contributed by atoms with van der Waals surface area (Å²) in [6, 6.07) is 25.7. The molecule has 356 valence electrons. The molecule has 4 amide bonds. The van der Waals surface area contributed by atoms with E-state index in [0.717, 1.165) is 124 Å². The van der Waals surface area contributed by atoms with Crippen LogP contribution in [-0.2, 0) is 19.1 Å². The molecule has 4 heterocycles. The zero-order chi connectivity index (χ0) is 46.7. The maximum absolute atomic E-state index is 14.6. The van der Waals surface area contributed by atoms with Gasteiger partial charge < -0.3 is 39.9 Å². The standard InChI is InChI=1S/C54H64N8O6/c1-67-53(65)59-47(37-13-5-3-6-14-37)51(63)61-43-19-11-9-17-39(43)29-45(61)49-55-31-41(57-49)35-25-21-33(22-26-35)34-23-27-36(28-24-34)42-32-56-50(58-42)46-30-40-18-10-12-20-44(40)62(46)52(64)48(60-54(66)68-2)38-15-7-4-8-16-38/h3-8,13-16,21-22,25-26,31-32,34,36,39-40,43-48H,9-12,17-20,23-24,27-30H2,1-2H3,(H,55,57)(H,56,58)(H,59,65)(H,60,66)/t34-,36-,39-,40-,43-,44-,45-,46-,47+,48+/m0/s1. The third-order valence-electron chi connectivity index (χ3n) is 16.0. The fourth-order valence-electron chi connectivity index (χ4n) is 12.6. The van der Waals surface area contributed by atoms with Gasteiger partial charge in [-0.3, -0.25) is 9.59 Å². The molecule has 8 atom stereocenters. The molecule has 14 nitrogen and oxygen atoms in total. The molecule has 5 aliphatic rings. The summed E-state index contributed by atoms with van der Waals surface area (Å²) in [4.78, 5) is 75.6. The Kier molecular flexibility index (Phi) is 13.4. The summed E-state index contributed by atoms with van der Waals surface area (Å²) in [7, 11) is 2.64. The van der Waals surface area contributed by atoms with Crippen molar-refractivity contribution >= 4 is 24.0 Å². The smallest absolute Gasteiger partial charge is 0.407 e. The van der Waals surface area contributed by atoms with E-state index in [1.807, 2.05) is 82.9 Å². The van der Waals surface area contributed by atoms with Gasteiger partial charge in [0, 0.05) is 29.9 Å². The van der Waals surface area contributed by atoms with E-state index >= 15 is 0 Å². The van der Waals surface area contributed by atoms with E-state index in [-0.39, 0.29) is 36.0 Å². The molecule has 68 heavy (non-hydrogen) atoms. The fraction of sp³-hybridized carbons (Fsp3) is 0.481. The topological polar surface area (TPSA) is 175 Å². The minimum absolute atomic E-state index is 0.0827. The number of benzene rings is 3. The number of nitrogens with zero attached hydrogens (tertiary/aromatic N) is 4. The number of hydrogen-bond donors (Lipinski definition) is 4. The van der Waals surface area contributed by atoms with E-state index in [1.54, 1.807) is 0 Å². The highest BCUT2D eigenvalue weighted by Crippen LogP contribution is 2.49. The van der Waals surface area contributed by atoms with Gasteiger partial charge in [0.05, 0.1) is 38.2 Å². The molecule has 14 heteroatoms.